The summed E-state index contributed by atoms with van der Waals surface area (Å²) in [6, 6.07) is 29.4. The maximum atomic E-state index is 6.33. The summed E-state index contributed by atoms with van der Waals surface area (Å²) in [4.78, 5) is 0. The molecule has 0 bridgehead atoms. The van der Waals surface area contributed by atoms with Crippen LogP contribution in [-0.4, -0.2) is 13.2 Å². The maximum Gasteiger partial charge on any atom is 0.0506 e. The lowest BCUT2D eigenvalue weighted by molar-refractivity contribution is 0.140. The van der Waals surface area contributed by atoms with Crippen LogP contribution < -0.4 is 0 Å². The number of halogens is 4. The number of hydrogen-bond donors (Lipinski definition) is 0. The van der Waals surface area contributed by atoms with Crippen LogP contribution in [0.25, 0.3) is 0 Å². The summed E-state index contributed by atoms with van der Waals surface area (Å²) in [6.07, 6.45) is 3.46. The van der Waals surface area contributed by atoms with Gasteiger partial charge in [0.05, 0.1) is 13.2 Å². The van der Waals surface area contributed by atoms with Gasteiger partial charge in [-0.1, -0.05) is 104 Å². The predicted octanol–water partition coefficient (Wildman–Crippen LogP) is 9.50. The van der Waals surface area contributed by atoms with E-state index in [4.69, 9.17) is 27.9 Å². The third-order valence-corrected chi connectivity index (χ3v) is 7.64. The Balaban J connectivity index is 1.18. The summed E-state index contributed by atoms with van der Waals surface area (Å²) >= 11 is 19.7. The fourth-order valence-corrected chi connectivity index (χ4v) is 5.11. The zero-order chi connectivity index (χ0) is 24.6. The molecule has 0 fully saturated rings. The van der Waals surface area contributed by atoms with E-state index in [1.54, 1.807) is 0 Å². The van der Waals surface area contributed by atoms with Crippen LogP contribution in [0.4, 0.5) is 0 Å². The smallest absolute Gasteiger partial charge is 0.0506 e. The molecule has 0 saturated carbocycles. The third-order valence-electron chi connectivity index (χ3n) is 5.92. The van der Waals surface area contributed by atoms with Crippen molar-refractivity contribution >= 4 is 55.1 Å². The van der Waals surface area contributed by atoms with Crippen molar-refractivity contribution in [1.82, 2.24) is 0 Å². The van der Waals surface area contributed by atoms with E-state index in [-0.39, 0.29) is 0 Å². The van der Waals surface area contributed by atoms with Crippen LogP contribution in [0.5, 0.6) is 0 Å². The fraction of sp³-hybridized carbons (Fsp3) is 0.200. The molecule has 5 heteroatoms. The topological polar surface area (TPSA) is 9.23 Å². The number of benzene rings is 4. The van der Waals surface area contributed by atoms with Crippen LogP contribution in [0.15, 0.2) is 93.9 Å². The largest absolute Gasteiger partial charge is 0.381 e. The second-order valence-electron chi connectivity index (χ2n) is 8.57. The molecule has 0 aliphatic rings. The highest BCUT2D eigenvalue weighted by atomic mass is 79.9. The van der Waals surface area contributed by atoms with Gasteiger partial charge in [0.15, 0.2) is 0 Å². The summed E-state index contributed by atoms with van der Waals surface area (Å²) in [5, 5.41) is 1.60. The third kappa shape index (κ3) is 8.20. The van der Waals surface area contributed by atoms with Crippen molar-refractivity contribution in [2.45, 2.75) is 25.7 Å². The molecule has 0 aromatic heterocycles. The van der Waals surface area contributed by atoms with E-state index in [2.05, 4.69) is 92.5 Å². The molecule has 0 aliphatic heterocycles. The van der Waals surface area contributed by atoms with E-state index >= 15 is 0 Å². The quantitative estimate of drug-likeness (QED) is 0.158. The minimum Gasteiger partial charge on any atom is -0.381 e. The lowest BCUT2D eigenvalue weighted by Crippen LogP contribution is -2.03. The van der Waals surface area contributed by atoms with Crippen molar-refractivity contribution < 1.29 is 4.74 Å². The highest BCUT2D eigenvalue weighted by Crippen LogP contribution is 2.25. The van der Waals surface area contributed by atoms with Gasteiger partial charge >= 0.3 is 0 Å². The monoisotopic (exact) mass is 630 g/mol. The molecule has 0 unspecified atom stereocenters. The van der Waals surface area contributed by atoms with Gasteiger partial charge in [-0.2, -0.15) is 0 Å². The Bertz CT molecular complexity index is 1160. The molecule has 4 aromatic carbocycles. The zero-order valence-corrected chi connectivity index (χ0v) is 23.9. The van der Waals surface area contributed by atoms with E-state index in [1.807, 2.05) is 24.3 Å². The highest BCUT2D eigenvalue weighted by Gasteiger charge is 2.05. The number of ether oxygens (including phenoxy) is 1. The van der Waals surface area contributed by atoms with Crippen molar-refractivity contribution in [1.29, 1.82) is 0 Å². The number of hydrogen-bond acceptors (Lipinski definition) is 1. The molecule has 0 spiro atoms. The Morgan fingerprint density at radius 3 is 1.29 bits per heavy atom. The van der Waals surface area contributed by atoms with E-state index in [9.17, 15) is 0 Å². The number of rotatable bonds is 10. The Morgan fingerprint density at radius 1 is 0.514 bits per heavy atom. The van der Waals surface area contributed by atoms with Crippen molar-refractivity contribution in [3.8, 4) is 0 Å². The molecule has 4 aromatic rings. The molecule has 180 valence electrons. The molecule has 0 aliphatic carbocycles. The van der Waals surface area contributed by atoms with Crippen LogP contribution in [0.3, 0.4) is 0 Å². The molecule has 0 radical (unpaired) electrons. The molecule has 35 heavy (non-hydrogen) atoms. The summed E-state index contributed by atoms with van der Waals surface area (Å²) in [6.45, 7) is 1.44. The average Bonchev–Trinajstić information content (AvgIpc) is 2.85. The van der Waals surface area contributed by atoms with Gasteiger partial charge in [0, 0.05) is 19.0 Å². The summed E-state index contributed by atoms with van der Waals surface area (Å²) in [5.41, 5.74) is 7.32. The second kappa shape index (κ2) is 13.1. The Morgan fingerprint density at radius 2 is 0.886 bits per heavy atom. The van der Waals surface area contributed by atoms with Gasteiger partial charge < -0.3 is 4.74 Å². The van der Waals surface area contributed by atoms with Gasteiger partial charge in [0.2, 0.25) is 0 Å². The van der Waals surface area contributed by atoms with Crippen LogP contribution >= 0.6 is 55.1 Å². The minimum atomic E-state index is 0.719. The van der Waals surface area contributed by atoms with Crippen LogP contribution in [0, 0.1) is 0 Å². The van der Waals surface area contributed by atoms with E-state index in [1.165, 1.54) is 22.3 Å². The fourth-order valence-electron chi connectivity index (χ4n) is 3.93. The molecule has 0 amide bonds. The summed E-state index contributed by atoms with van der Waals surface area (Å²) in [7, 11) is 0. The first kappa shape index (κ1) is 26.4. The Kier molecular flexibility index (Phi) is 9.88. The van der Waals surface area contributed by atoms with Crippen LogP contribution in [0.2, 0.25) is 10.0 Å². The summed E-state index contributed by atoms with van der Waals surface area (Å²) < 4.78 is 8.00. The van der Waals surface area contributed by atoms with Crippen molar-refractivity contribution in [2.75, 3.05) is 13.2 Å². The Labute approximate surface area is 234 Å². The van der Waals surface area contributed by atoms with Gasteiger partial charge in [-0.3, -0.25) is 0 Å². The van der Waals surface area contributed by atoms with Gasteiger partial charge in [-0.15, -0.1) is 0 Å². The van der Waals surface area contributed by atoms with Gasteiger partial charge in [0.25, 0.3) is 0 Å². The van der Waals surface area contributed by atoms with Crippen LogP contribution in [0.1, 0.15) is 33.4 Å². The molecule has 4 rings (SSSR count). The Hall–Kier alpha value is -1.62. The first-order valence-electron chi connectivity index (χ1n) is 11.6. The second-order valence-corrected chi connectivity index (χ2v) is 11.2. The average molecular weight is 633 g/mol. The molecule has 0 saturated heterocycles. The zero-order valence-electron chi connectivity index (χ0n) is 19.2. The maximum absolute atomic E-state index is 6.33. The van der Waals surface area contributed by atoms with E-state index in [0.717, 1.165) is 69.0 Å². The molecule has 1 nitrogen and oxygen atoms in total. The van der Waals surface area contributed by atoms with Gasteiger partial charge in [-0.05, 0) is 95.5 Å². The van der Waals surface area contributed by atoms with Gasteiger partial charge in [-0.25, -0.2) is 0 Å². The van der Waals surface area contributed by atoms with Crippen LogP contribution in [-0.2, 0) is 30.4 Å². The van der Waals surface area contributed by atoms with Crippen molar-refractivity contribution in [3.63, 3.8) is 0 Å². The van der Waals surface area contributed by atoms with Crippen molar-refractivity contribution in [2.24, 2.45) is 0 Å². The van der Waals surface area contributed by atoms with Gasteiger partial charge in [0.1, 0.15) is 0 Å². The molecular weight excluding hydrogens is 607 g/mol. The van der Waals surface area contributed by atoms with E-state index < -0.39 is 0 Å². The lowest BCUT2D eigenvalue weighted by Gasteiger charge is -2.09. The standard InChI is InChI=1S/C30H26Br2Cl2O/c31-27-9-11-29(33)25(19-27)17-23-5-1-21(2-6-23)13-15-35-16-14-22-3-7-24(8-4-22)18-26-20-28(32)10-12-30(26)34/h1-12,19-20H,13-18H2. The minimum absolute atomic E-state index is 0.719. The molecule has 0 atom stereocenters. The van der Waals surface area contributed by atoms with E-state index in [0.29, 0.717) is 0 Å². The predicted molar refractivity (Wildman–Crippen MR) is 155 cm³/mol. The normalized spacial score (nSPS) is 11.1. The first-order chi connectivity index (χ1) is 17.0. The van der Waals surface area contributed by atoms with Crippen molar-refractivity contribution in [3.05, 3.63) is 137 Å². The molecular formula is C30H26Br2Cl2O. The summed E-state index contributed by atoms with van der Waals surface area (Å²) in [5.74, 6) is 0. The SMILES string of the molecule is Clc1ccc(Br)cc1Cc1ccc(CCOCCc2ccc(Cc3cc(Br)ccc3Cl)cc2)cc1. The highest BCUT2D eigenvalue weighted by molar-refractivity contribution is 9.10. The molecule has 0 heterocycles. The molecule has 0 N–H and O–H groups in total. The first-order valence-corrected chi connectivity index (χ1v) is 13.9. The lowest BCUT2D eigenvalue weighted by atomic mass is 10.0.